The van der Waals surface area contributed by atoms with E-state index in [1.807, 2.05) is 13.8 Å². The normalized spacial score (nSPS) is 11.3. The molecule has 0 spiro atoms. The minimum atomic E-state index is -2.84. The summed E-state index contributed by atoms with van der Waals surface area (Å²) in [6.45, 7) is 1.45. The molecule has 0 fully saturated rings. The number of alkyl halides is 2. The molecule has 0 aromatic heterocycles. The number of rotatable bonds is 5. The van der Waals surface area contributed by atoms with Crippen LogP contribution in [0.4, 0.5) is 8.78 Å². The lowest BCUT2D eigenvalue weighted by atomic mass is 10.2. The lowest BCUT2D eigenvalue weighted by molar-refractivity contribution is -0.0504. The first-order chi connectivity index (χ1) is 9.42. The topological polar surface area (TPSA) is 45.7 Å². The molecular formula is C13H19BrF2IN3O. The molecule has 0 aliphatic rings. The van der Waals surface area contributed by atoms with Crippen LogP contribution in [0, 0.1) is 0 Å². The van der Waals surface area contributed by atoms with Crippen molar-refractivity contribution in [2.24, 2.45) is 4.99 Å². The Morgan fingerprint density at radius 3 is 2.57 bits per heavy atom. The van der Waals surface area contributed by atoms with Crippen molar-refractivity contribution in [1.29, 1.82) is 0 Å². The fourth-order valence-corrected chi connectivity index (χ4v) is 1.95. The van der Waals surface area contributed by atoms with E-state index >= 15 is 0 Å². The van der Waals surface area contributed by atoms with Gasteiger partial charge in [-0.2, -0.15) is 8.78 Å². The van der Waals surface area contributed by atoms with Gasteiger partial charge >= 0.3 is 6.61 Å². The first-order valence-electron chi connectivity index (χ1n) is 6.12. The van der Waals surface area contributed by atoms with Crippen LogP contribution < -0.4 is 15.4 Å². The highest BCUT2D eigenvalue weighted by Crippen LogP contribution is 2.24. The van der Waals surface area contributed by atoms with Gasteiger partial charge in [0.25, 0.3) is 0 Å². The number of halogens is 4. The van der Waals surface area contributed by atoms with Crippen LogP contribution in [0.5, 0.6) is 5.75 Å². The number of guanidine groups is 1. The Morgan fingerprint density at radius 2 is 2.05 bits per heavy atom. The van der Waals surface area contributed by atoms with E-state index in [1.165, 1.54) is 6.07 Å². The van der Waals surface area contributed by atoms with Crippen molar-refractivity contribution in [1.82, 2.24) is 10.6 Å². The number of nitrogens with one attached hydrogen (secondary N) is 2. The van der Waals surface area contributed by atoms with E-state index in [0.717, 1.165) is 4.47 Å². The van der Waals surface area contributed by atoms with Crippen molar-refractivity contribution < 1.29 is 13.5 Å². The van der Waals surface area contributed by atoms with Gasteiger partial charge in [-0.15, -0.1) is 24.0 Å². The monoisotopic (exact) mass is 477 g/mol. The molecule has 0 aliphatic carbocycles. The third kappa shape index (κ3) is 7.79. The Balaban J connectivity index is 0.00000400. The van der Waals surface area contributed by atoms with E-state index in [1.54, 1.807) is 19.2 Å². The predicted molar refractivity (Wildman–Crippen MR) is 94.7 cm³/mol. The SMILES string of the molecule is CN=C(NCc1cc(Br)ccc1OC(F)F)NC(C)C.I. The second kappa shape index (κ2) is 10.1. The van der Waals surface area contributed by atoms with Crippen LogP contribution in [0.3, 0.4) is 0 Å². The Hall–Kier alpha value is -0.640. The number of ether oxygens (including phenoxy) is 1. The van der Waals surface area contributed by atoms with Gasteiger partial charge in [0.05, 0.1) is 0 Å². The van der Waals surface area contributed by atoms with E-state index in [-0.39, 0.29) is 35.8 Å². The zero-order valence-electron chi connectivity index (χ0n) is 12.0. The largest absolute Gasteiger partial charge is 0.434 e. The molecule has 2 N–H and O–H groups in total. The summed E-state index contributed by atoms with van der Waals surface area (Å²) < 4.78 is 30.0. The summed E-state index contributed by atoms with van der Waals surface area (Å²) in [5.74, 6) is 0.749. The Bertz CT molecular complexity index is 473. The van der Waals surface area contributed by atoms with Gasteiger partial charge in [0.15, 0.2) is 5.96 Å². The summed E-state index contributed by atoms with van der Waals surface area (Å²) in [4.78, 5) is 4.05. The lowest BCUT2D eigenvalue weighted by Crippen LogP contribution is -2.40. The second-order valence-electron chi connectivity index (χ2n) is 4.36. The van der Waals surface area contributed by atoms with Gasteiger partial charge in [-0.3, -0.25) is 4.99 Å². The molecule has 120 valence electrons. The molecule has 1 aromatic rings. The summed E-state index contributed by atoms with van der Waals surface area (Å²) in [6.07, 6.45) is 0. The van der Waals surface area contributed by atoms with Gasteiger partial charge in [0.2, 0.25) is 0 Å². The van der Waals surface area contributed by atoms with Gasteiger partial charge in [-0.1, -0.05) is 15.9 Å². The Labute approximate surface area is 148 Å². The summed E-state index contributed by atoms with van der Waals surface area (Å²) >= 11 is 3.31. The first-order valence-corrected chi connectivity index (χ1v) is 6.92. The highest BCUT2D eigenvalue weighted by Gasteiger charge is 2.11. The van der Waals surface area contributed by atoms with Crippen LogP contribution in [0.2, 0.25) is 0 Å². The maximum absolute atomic E-state index is 12.3. The van der Waals surface area contributed by atoms with Crippen molar-refractivity contribution in [2.45, 2.75) is 33.0 Å². The van der Waals surface area contributed by atoms with E-state index in [4.69, 9.17) is 0 Å². The van der Waals surface area contributed by atoms with Gasteiger partial charge in [-0.05, 0) is 32.0 Å². The molecule has 0 heterocycles. The van der Waals surface area contributed by atoms with Crippen LogP contribution in [0.25, 0.3) is 0 Å². The molecule has 1 rings (SSSR count). The Kier molecular flexibility index (Phi) is 9.84. The molecule has 0 unspecified atom stereocenters. The molecule has 8 heteroatoms. The third-order valence-corrected chi connectivity index (χ3v) is 2.83. The summed E-state index contributed by atoms with van der Waals surface area (Å²) in [5, 5.41) is 6.16. The van der Waals surface area contributed by atoms with E-state index in [0.29, 0.717) is 18.1 Å². The second-order valence-corrected chi connectivity index (χ2v) is 5.27. The molecule has 0 amide bonds. The molecule has 0 saturated carbocycles. The maximum atomic E-state index is 12.3. The number of benzene rings is 1. The van der Waals surface area contributed by atoms with Crippen molar-refractivity contribution >= 4 is 45.9 Å². The van der Waals surface area contributed by atoms with Crippen LogP contribution in [0.15, 0.2) is 27.7 Å². The molecule has 0 saturated heterocycles. The number of aliphatic imine (C=N–C) groups is 1. The highest BCUT2D eigenvalue weighted by atomic mass is 127. The Morgan fingerprint density at radius 1 is 1.38 bits per heavy atom. The summed E-state index contributed by atoms with van der Waals surface area (Å²) in [7, 11) is 1.65. The van der Waals surface area contributed by atoms with Crippen LogP contribution in [-0.2, 0) is 6.54 Å². The number of nitrogens with zero attached hydrogens (tertiary/aromatic N) is 1. The first kappa shape index (κ1) is 20.4. The molecule has 0 radical (unpaired) electrons. The van der Waals surface area contributed by atoms with E-state index in [2.05, 4.69) is 36.3 Å². The lowest BCUT2D eigenvalue weighted by Gasteiger charge is -2.16. The number of hydrogen-bond donors (Lipinski definition) is 2. The standard InChI is InChI=1S/C13H18BrF2N3O.HI/c1-8(2)19-13(17-3)18-7-9-6-10(14)4-5-11(9)20-12(15)16;/h4-6,8,12H,7H2,1-3H3,(H2,17,18,19);1H. The van der Waals surface area contributed by atoms with Crippen LogP contribution in [-0.4, -0.2) is 25.7 Å². The highest BCUT2D eigenvalue weighted by molar-refractivity contribution is 14.0. The summed E-state index contributed by atoms with van der Waals surface area (Å²) in [6, 6.07) is 5.11. The maximum Gasteiger partial charge on any atom is 0.387 e. The molecule has 0 atom stereocenters. The van der Waals surface area contributed by atoms with E-state index in [9.17, 15) is 8.78 Å². The predicted octanol–water partition coefficient (Wildman–Crippen LogP) is 3.74. The van der Waals surface area contributed by atoms with Crippen molar-refractivity contribution in [3.8, 4) is 5.75 Å². The molecule has 0 aliphatic heterocycles. The molecule has 0 bridgehead atoms. The molecule has 4 nitrogen and oxygen atoms in total. The van der Waals surface area contributed by atoms with Gasteiger partial charge in [0.1, 0.15) is 5.75 Å². The molecule has 1 aromatic carbocycles. The average molecular weight is 478 g/mol. The smallest absolute Gasteiger partial charge is 0.387 e. The molecule has 21 heavy (non-hydrogen) atoms. The summed E-state index contributed by atoms with van der Waals surface area (Å²) in [5.41, 5.74) is 0.617. The average Bonchev–Trinajstić information content (AvgIpc) is 2.36. The minimum absolute atomic E-state index is 0. The third-order valence-electron chi connectivity index (χ3n) is 2.33. The van der Waals surface area contributed by atoms with Gasteiger partial charge in [-0.25, -0.2) is 0 Å². The van der Waals surface area contributed by atoms with Gasteiger partial charge in [0, 0.05) is 29.7 Å². The van der Waals surface area contributed by atoms with Crippen molar-refractivity contribution in [3.05, 3.63) is 28.2 Å². The quantitative estimate of drug-likeness (QED) is 0.386. The number of hydrogen-bond acceptors (Lipinski definition) is 2. The van der Waals surface area contributed by atoms with Crippen LogP contribution >= 0.6 is 39.9 Å². The fraction of sp³-hybridized carbons (Fsp3) is 0.462. The zero-order valence-corrected chi connectivity index (χ0v) is 15.9. The zero-order chi connectivity index (χ0) is 15.1. The van der Waals surface area contributed by atoms with Gasteiger partial charge < -0.3 is 15.4 Å². The van der Waals surface area contributed by atoms with Crippen molar-refractivity contribution in [3.63, 3.8) is 0 Å². The fourth-order valence-electron chi connectivity index (χ4n) is 1.54. The van der Waals surface area contributed by atoms with Crippen molar-refractivity contribution in [2.75, 3.05) is 7.05 Å². The van der Waals surface area contributed by atoms with Crippen LogP contribution in [0.1, 0.15) is 19.4 Å². The minimum Gasteiger partial charge on any atom is -0.434 e. The molecular weight excluding hydrogens is 459 g/mol. The van der Waals surface area contributed by atoms with E-state index < -0.39 is 6.61 Å².